The number of aromatic nitrogens is 1. The third-order valence-electron chi connectivity index (χ3n) is 3.31. The summed E-state index contributed by atoms with van der Waals surface area (Å²) in [5, 5.41) is 10.5. The number of aromatic amines is 1. The first-order valence-electron chi connectivity index (χ1n) is 6.75. The fourth-order valence-corrected chi connectivity index (χ4v) is 3.49. The Balaban J connectivity index is 1.95. The Hall–Kier alpha value is -1.63. The van der Waals surface area contributed by atoms with Crippen LogP contribution in [0.5, 0.6) is 5.75 Å². The number of alkyl halides is 1. The van der Waals surface area contributed by atoms with Crippen LogP contribution in [0.4, 0.5) is 0 Å². The third kappa shape index (κ3) is 3.09. The number of benzene rings is 2. The molecule has 6 heteroatoms. The molecule has 0 saturated carbocycles. The molecular formula is C16H14BrNO3S. The van der Waals surface area contributed by atoms with Gasteiger partial charge in [-0.05, 0) is 11.6 Å². The van der Waals surface area contributed by atoms with Crippen molar-refractivity contribution in [2.45, 2.75) is 12.7 Å². The van der Waals surface area contributed by atoms with Crippen LogP contribution in [0, 0.1) is 0 Å². The van der Waals surface area contributed by atoms with E-state index in [0.29, 0.717) is 23.2 Å². The van der Waals surface area contributed by atoms with Crippen molar-refractivity contribution in [1.29, 1.82) is 0 Å². The van der Waals surface area contributed by atoms with Gasteiger partial charge in [0.15, 0.2) is 0 Å². The van der Waals surface area contributed by atoms with Gasteiger partial charge >= 0.3 is 4.87 Å². The van der Waals surface area contributed by atoms with Crippen LogP contribution in [-0.4, -0.2) is 15.4 Å². The number of nitrogens with one attached hydrogen (secondary N) is 1. The normalized spacial score (nSPS) is 12.5. The van der Waals surface area contributed by atoms with Gasteiger partial charge in [0.05, 0.1) is 10.8 Å². The third-order valence-corrected chi connectivity index (χ3v) is 4.86. The largest absolute Gasteiger partial charge is 0.487 e. The molecule has 0 aliphatic carbocycles. The minimum Gasteiger partial charge on any atom is -0.487 e. The van der Waals surface area contributed by atoms with Crippen molar-refractivity contribution in [1.82, 2.24) is 4.98 Å². The lowest BCUT2D eigenvalue weighted by Gasteiger charge is -2.12. The Bertz CT molecular complexity index is 828. The number of fused-ring (bicyclic) bond motifs is 1. The maximum atomic E-state index is 11.7. The Morgan fingerprint density at radius 3 is 2.73 bits per heavy atom. The summed E-state index contributed by atoms with van der Waals surface area (Å²) >= 11 is 4.35. The monoisotopic (exact) mass is 379 g/mol. The molecular weight excluding hydrogens is 366 g/mol. The Labute approximate surface area is 139 Å². The van der Waals surface area contributed by atoms with E-state index in [4.69, 9.17) is 4.74 Å². The Kier molecular flexibility index (Phi) is 4.61. The molecule has 1 aromatic heterocycles. The summed E-state index contributed by atoms with van der Waals surface area (Å²) in [6.07, 6.45) is -0.655. The van der Waals surface area contributed by atoms with E-state index >= 15 is 0 Å². The van der Waals surface area contributed by atoms with Crippen LogP contribution in [0.1, 0.15) is 17.2 Å². The highest BCUT2D eigenvalue weighted by Crippen LogP contribution is 2.33. The predicted molar refractivity (Wildman–Crippen MR) is 92.0 cm³/mol. The van der Waals surface area contributed by atoms with E-state index in [2.05, 4.69) is 20.9 Å². The van der Waals surface area contributed by atoms with Crippen molar-refractivity contribution >= 4 is 37.5 Å². The average molecular weight is 380 g/mol. The molecule has 0 spiro atoms. The SMILES string of the molecule is O=c1[nH]c2c(OCc3ccccc3)ccc(C(O)CBr)c2s1. The highest BCUT2D eigenvalue weighted by atomic mass is 79.9. The van der Waals surface area contributed by atoms with Gasteiger partial charge in [-0.1, -0.05) is 63.7 Å². The van der Waals surface area contributed by atoms with E-state index in [1.54, 1.807) is 12.1 Å². The van der Waals surface area contributed by atoms with Gasteiger partial charge in [0.25, 0.3) is 0 Å². The van der Waals surface area contributed by atoms with E-state index in [1.807, 2.05) is 30.3 Å². The van der Waals surface area contributed by atoms with Gasteiger partial charge in [-0.3, -0.25) is 4.79 Å². The van der Waals surface area contributed by atoms with E-state index in [9.17, 15) is 9.90 Å². The second kappa shape index (κ2) is 6.64. The average Bonchev–Trinajstić information content (AvgIpc) is 2.94. The van der Waals surface area contributed by atoms with Gasteiger partial charge in [-0.2, -0.15) is 0 Å². The number of rotatable bonds is 5. The molecule has 0 bridgehead atoms. The van der Waals surface area contributed by atoms with Crippen LogP contribution in [-0.2, 0) is 6.61 Å². The lowest BCUT2D eigenvalue weighted by atomic mass is 10.1. The highest BCUT2D eigenvalue weighted by Gasteiger charge is 2.16. The van der Waals surface area contributed by atoms with Gasteiger partial charge in [-0.25, -0.2) is 0 Å². The van der Waals surface area contributed by atoms with Crippen molar-refractivity contribution < 1.29 is 9.84 Å². The zero-order valence-corrected chi connectivity index (χ0v) is 14.0. The minimum absolute atomic E-state index is 0.159. The first kappa shape index (κ1) is 15.3. The van der Waals surface area contributed by atoms with Gasteiger partial charge < -0.3 is 14.8 Å². The van der Waals surface area contributed by atoms with Crippen LogP contribution in [0.25, 0.3) is 10.2 Å². The van der Waals surface area contributed by atoms with Crippen molar-refractivity contribution in [3.05, 3.63) is 63.3 Å². The summed E-state index contributed by atoms with van der Waals surface area (Å²) in [5.74, 6) is 0.614. The molecule has 4 nitrogen and oxygen atoms in total. The first-order valence-corrected chi connectivity index (χ1v) is 8.69. The van der Waals surface area contributed by atoms with E-state index in [0.717, 1.165) is 27.2 Å². The molecule has 1 heterocycles. The van der Waals surface area contributed by atoms with Crippen molar-refractivity contribution in [2.24, 2.45) is 0 Å². The zero-order chi connectivity index (χ0) is 15.5. The van der Waals surface area contributed by atoms with Crippen molar-refractivity contribution in [3.63, 3.8) is 0 Å². The Morgan fingerprint density at radius 1 is 1.23 bits per heavy atom. The number of halogens is 1. The van der Waals surface area contributed by atoms with Gasteiger partial charge in [0, 0.05) is 10.9 Å². The molecule has 22 heavy (non-hydrogen) atoms. The maximum absolute atomic E-state index is 11.7. The number of thiazole rings is 1. The van der Waals surface area contributed by atoms with Crippen LogP contribution >= 0.6 is 27.3 Å². The molecule has 0 aliphatic rings. The van der Waals surface area contributed by atoms with Crippen LogP contribution in [0.15, 0.2) is 47.3 Å². The zero-order valence-electron chi connectivity index (χ0n) is 11.6. The number of aliphatic hydroxyl groups is 1. The quantitative estimate of drug-likeness (QED) is 0.665. The van der Waals surface area contributed by atoms with E-state index in [1.165, 1.54) is 0 Å². The fraction of sp³-hybridized carbons (Fsp3) is 0.188. The molecule has 0 saturated heterocycles. The number of aliphatic hydroxyl groups excluding tert-OH is 1. The van der Waals surface area contributed by atoms with E-state index < -0.39 is 6.10 Å². The molecule has 0 radical (unpaired) electrons. The molecule has 2 N–H and O–H groups in total. The molecule has 2 aromatic carbocycles. The van der Waals surface area contributed by atoms with Crippen LogP contribution < -0.4 is 9.61 Å². The fourth-order valence-electron chi connectivity index (χ4n) is 2.23. The number of ether oxygens (including phenoxy) is 1. The smallest absolute Gasteiger partial charge is 0.305 e. The minimum atomic E-state index is -0.655. The topological polar surface area (TPSA) is 62.3 Å². The van der Waals surface area contributed by atoms with Gasteiger partial charge in [0.2, 0.25) is 0 Å². The van der Waals surface area contributed by atoms with Gasteiger partial charge in [0.1, 0.15) is 17.9 Å². The molecule has 0 fully saturated rings. The highest BCUT2D eigenvalue weighted by molar-refractivity contribution is 9.09. The number of hydrogen-bond donors (Lipinski definition) is 2. The summed E-state index contributed by atoms with van der Waals surface area (Å²) in [7, 11) is 0. The van der Waals surface area contributed by atoms with Crippen molar-refractivity contribution in [3.8, 4) is 5.75 Å². The lowest BCUT2D eigenvalue weighted by molar-refractivity contribution is 0.207. The second-order valence-corrected chi connectivity index (χ2v) is 6.45. The van der Waals surface area contributed by atoms with Gasteiger partial charge in [-0.15, -0.1) is 0 Å². The predicted octanol–water partition coefficient (Wildman–Crippen LogP) is 3.60. The Morgan fingerprint density at radius 2 is 2.00 bits per heavy atom. The standard InChI is InChI=1S/C16H14BrNO3S/c17-8-12(19)11-6-7-13(14-15(11)22-16(20)18-14)21-9-10-4-2-1-3-5-10/h1-7,12,19H,8-9H2,(H,18,20). The molecule has 3 rings (SSSR count). The number of H-pyrrole nitrogens is 1. The molecule has 1 unspecified atom stereocenters. The summed E-state index contributed by atoms with van der Waals surface area (Å²) in [6, 6.07) is 13.4. The first-order chi connectivity index (χ1) is 10.7. The lowest BCUT2D eigenvalue weighted by Crippen LogP contribution is -2.00. The molecule has 1 atom stereocenters. The molecule has 0 aliphatic heterocycles. The van der Waals surface area contributed by atoms with E-state index in [-0.39, 0.29) is 4.87 Å². The van der Waals surface area contributed by atoms with Crippen LogP contribution in [0.2, 0.25) is 0 Å². The summed E-state index contributed by atoms with van der Waals surface area (Å²) in [4.78, 5) is 14.3. The summed E-state index contributed by atoms with van der Waals surface area (Å²) < 4.78 is 6.57. The summed E-state index contributed by atoms with van der Waals surface area (Å²) in [6.45, 7) is 0.425. The molecule has 114 valence electrons. The maximum Gasteiger partial charge on any atom is 0.305 e. The molecule has 0 amide bonds. The number of hydrogen-bond acceptors (Lipinski definition) is 4. The van der Waals surface area contributed by atoms with Crippen LogP contribution in [0.3, 0.4) is 0 Å². The summed E-state index contributed by atoms with van der Waals surface area (Å²) in [5.41, 5.74) is 2.42. The molecule has 3 aromatic rings. The second-order valence-electron chi connectivity index (χ2n) is 4.82. The van der Waals surface area contributed by atoms with Crippen molar-refractivity contribution in [2.75, 3.05) is 5.33 Å².